The third kappa shape index (κ3) is 3.06. The van der Waals surface area contributed by atoms with E-state index < -0.39 is 0 Å². The molecule has 1 aromatic heterocycles. The highest BCUT2D eigenvalue weighted by Gasteiger charge is 2.17. The minimum atomic E-state index is 0.282. The van der Waals surface area contributed by atoms with Gasteiger partial charge in [0.2, 0.25) is 0 Å². The zero-order chi connectivity index (χ0) is 13.8. The van der Waals surface area contributed by atoms with Crippen LogP contribution in [0.25, 0.3) is 10.9 Å². The van der Waals surface area contributed by atoms with Crippen LogP contribution >= 0.6 is 0 Å². The Morgan fingerprint density at radius 2 is 1.90 bits per heavy atom. The Balaban J connectivity index is 1.74. The Hall–Kier alpha value is -1.70. The van der Waals surface area contributed by atoms with Crippen LogP contribution in [0, 0.1) is 5.92 Å². The zero-order valence-electron chi connectivity index (χ0n) is 11.8. The van der Waals surface area contributed by atoms with Crippen LogP contribution in [0.3, 0.4) is 0 Å². The number of Topliss-reactive ketones (excluding diaryl/α,β-unsaturated/α-hetero) is 1. The second-order valence-corrected chi connectivity index (χ2v) is 5.90. The number of ketones is 1. The quantitative estimate of drug-likeness (QED) is 0.592. The Morgan fingerprint density at radius 1 is 1.10 bits per heavy atom. The first kappa shape index (κ1) is 13.3. The number of carbonyl (C=O) groups excluding carboxylic acids is 1. The number of carbonyl (C=O) groups is 1. The second-order valence-electron chi connectivity index (χ2n) is 5.90. The van der Waals surface area contributed by atoms with E-state index in [2.05, 4.69) is 4.98 Å². The summed E-state index contributed by atoms with van der Waals surface area (Å²) in [6, 6.07) is 9.84. The Labute approximate surface area is 120 Å². The smallest absolute Gasteiger partial charge is 0.163 e. The first-order chi connectivity index (χ1) is 9.83. The molecule has 0 bridgehead atoms. The topological polar surface area (TPSA) is 30.0 Å². The number of rotatable bonds is 3. The molecule has 2 nitrogen and oxygen atoms in total. The molecular formula is C18H21NO. The first-order valence-electron chi connectivity index (χ1n) is 7.71. The van der Waals surface area contributed by atoms with Crippen molar-refractivity contribution in [2.24, 2.45) is 5.92 Å². The maximum Gasteiger partial charge on any atom is 0.163 e. The van der Waals surface area contributed by atoms with Gasteiger partial charge in [0.15, 0.2) is 5.78 Å². The van der Waals surface area contributed by atoms with Crippen molar-refractivity contribution in [3.8, 4) is 0 Å². The van der Waals surface area contributed by atoms with Crippen molar-refractivity contribution in [2.75, 3.05) is 0 Å². The van der Waals surface area contributed by atoms with Gasteiger partial charge >= 0.3 is 0 Å². The normalized spacial score (nSPS) is 17.0. The lowest BCUT2D eigenvalue weighted by Crippen LogP contribution is -2.08. The summed E-state index contributed by atoms with van der Waals surface area (Å²) in [4.78, 5) is 16.8. The Morgan fingerprint density at radius 3 is 2.70 bits per heavy atom. The van der Waals surface area contributed by atoms with E-state index in [1.54, 1.807) is 6.20 Å². The summed E-state index contributed by atoms with van der Waals surface area (Å²) in [6.07, 6.45) is 10.2. The molecule has 0 amide bonds. The maximum absolute atomic E-state index is 12.4. The standard InChI is InChI=1S/C18H21NO/c20-18(12-14-6-3-1-2-4-7-14)16-10-9-15-8-5-11-19-17(15)13-16/h5,8-11,13-14H,1-4,6-7,12H2. The van der Waals surface area contributed by atoms with E-state index in [0.717, 1.165) is 16.5 Å². The van der Waals surface area contributed by atoms with Gasteiger partial charge in [0, 0.05) is 23.6 Å². The molecule has 104 valence electrons. The zero-order valence-corrected chi connectivity index (χ0v) is 11.8. The summed E-state index contributed by atoms with van der Waals surface area (Å²) < 4.78 is 0. The molecule has 0 radical (unpaired) electrons. The minimum absolute atomic E-state index is 0.282. The molecule has 1 aromatic carbocycles. The van der Waals surface area contributed by atoms with Crippen molar-refractivity contribution in [1.29, 1.82) is 0 Å². The van der Waals surface area contributed by atoms with E-state index in [1.165, 1.54) is 38.5 Å². The minimum Gasteiger partial charge on any atom is -0.294 e. The molecule has 0 N–H and O–H groups in total. The summed E-state index contributed by atoms with van der Waals surface area (Å²) in [6.45, 7) is 0. The molecule has 0 spiro atoms. The molecule has 1 fully saturated rings. The van der Waals surface area contributed by atoms with Crippen molar-refractivity contribution < 1.29 is 4.79 Å². The first-order valence-corrected chi connectivity index (χ1v) is 7.71. The molecule has 0 saturated heterocycles. The number of hydrogen-bond acceptors (Lipinski definition) is 2. The molecule has 1 heterocycles. The van der Waals surface area contributed by atoms with Gasteiger partial charge in [0.25, 0.3) is 0 Å². The highest BCUT2D eigenvalue weighted by molar-refractivity contribution is 5.99. The lowest BCUT2D eigenvalue weighted by atomic mass is 9.92. The monoisotopic (exact) mass is 267 g/mol. The fraction of sp³-hybridized carbons (Fsp3) is 0.444. The molecule has 2 heteroatoms. The second kappa shape index (κ2) is 6.17. The molecule has 1 aliphatic carbocycles. The van der Waals surface area contributed by atoms with E-state index in [9.17, 15) is 4.79 Å². The molecule has 0 atom stereocenters. The van der Waals surface area contributed by atoms with Gasteiger partial charge in [-0.05, 0) is 18.1 Å². The fourth-order valence-electron chi connectivity index (χ4n) is 3.19. The molecule has 3 rings (SSSR count). The van der Waals surface area contributed by atoms with Crippen LogP contribution in [-0.4, -0.2) is 10.8 Å². The number of fused-ring (bicyclic) bond motifs is 1. The van der Waals surface area contributed by atoms with Crippen LogP contribution in [-0.2, 0) is 0 Å². The molecule has 0 aliphatic heterocycles. The van der Waals surface area contributed by atoms with Gasteiger partial charge in [-0.15, -0.1) is 0 Å². The Kier molecular flexibility index (Phi) is 4.10. The molecule has 1 aliphatic rings. The van der Waals surface area contributed by atoms with E-state index >= 15 is 0 Å². The highest BCUT2D eigenvalue weighted by atomic mass is 16.1. The van der Waals surface area contributed by atoms with Crippen LogP contribution in [0.2, 0.25) is 0 Å². The third-order valence-corrected chi connectivity index (χ3v) is 4.38. The van der Waals surface area contributed by atoms with Crippen molar-refractivity contribution in [3.63, 3.8) is 0 Å². The number of pyridine rings is 1. The maximum atomic E-state index is 12.4. The van der Waals surface area contributed by atoms with Crippen molar-refractivity contribution in [2.45, 2.75) is 44.9 Å². The number of hydrogen-bond donors (Lipinski definition) is 0. The van der Waals surface area contributed by atoms with Gasteiger partial charge in [-0.2, -0.15) is 0 Å². The molecule has 0 unspecified atom stereocenters. The van der Waals surface area contributed by atoms with E-state index in [4.69, 9.17) is 0 Å². The van der Waals surface area contributed by atoms with Gasteiger partial charge in [0.1, 0.15) is 0 Å². The van der Waals surface area contributed by atoms with Gasteiger partial charge in [0.05, 0.1) is 5.52 Å². The third-order valence-electron chi connectivity index (χ3n) is 4.38. The molecular weight excluding hydrogens is 246 g/mol. The summed E-state index contributed by atoms with van der Waals surface area (Å²) in [5.74, 6) is 0.869. The van der Waals surface area contributed by atoms with E-state index in [1.807, 2.05) is 30.3 Å². The van der Waals surface area contributed by atoms with Crippen LogP contribution in [0.1, 0.15) is 55.3 Å². The predicted molar refractivity (Wildman–Crippen MR) is 81.9 cm³/mol. The van der Waals surface area contributed by atoms with Crippen LogP contribution in [0.4, 0.5) is 0 Å². The number of benzene rings is 1. The Bertz CT molecular complexity index is 597. The predicted octanol–water partition coefficient (Wildman–Crippen LogP) is 4.78. The summed E-state index contributed by atoms with van der Waals surface area (Å²) in [5, 5.41) is 1.10. The average Bonchev–Trinajstić information content (AvgIpc) is 2.75. The van der Waals surface area contributed by atoms with Crippen molar-refractivity contribution in [1.82, 2.24) is 4.98 Å². The van der Waals surface area contributed by atoms with Crippen molar-refractivity contribution >= 4 is 16.7 Å². The lowest BCUT2D eigenvalue weighted by molar-refractivity contribution is 0.0957. The largest absolute Gasteiger partial charge is 0.294 e. The fourth-order valence-corrected chi connectivity index (χ4v) is 3.19. The van der Waals surface area contributed by atoms with Gasteiger partial charge in [-0.3, -0.25) is 9.78 Å². The van der Waals surface area contributed by atoms with Crippen LogP contribution < -0.4 is 0 Å². The summed E-state index contributed by atoms with van der Waals surface area (Å²) in [7, 11) is 0. The highest BCUT2D eigenvalue weighted by Crippen LogP contribution is 2.27. The molecule has 1 saturated carbocycles. The van der Waals surface area contributed by atoms with Gasteiger partial charge < -0.3 is 0 Å². The van der Waals surface area contributed by atoms with Crippen molar-refractivity contribution in [3.05, 3.63) is 42.1 Å². The van der Waals surface area contributed by atoms with Gasteiger partial charge in [-0.1, -0.05) is 56.7 Å². The van der Waals surface area contributed by atoms with Crippen LogP contribution in [0.15, 0.2) is 36.5 Å². The van der Waals surface area contributed by atoms with E-state index in [0.29, 0.717) is 12.3 Å². The molecule has 2 aromatic rings. The van der Waals surface area contributed by atoms with Gasteiger partial charge in [-0.25, -0.2) is 0 Å². The summed E-state index contributed by atoms with van der Waals surface area (Å²) in [5.41, 5.74) is 1.74. The SMILES string of the molecule is O=C(CC1CCCCCC1)c1ccc2cccnc2c1. The van der Waals surface area contributed by atoms with Crippen LogP contribution in [0.5, 0.6) is 0 Å². The lowest BCUT2D eigenvalue weighted by Gasteiger charge is -2.12. The summed E-state index contributed by atoms with van der Waals surface area (Å²) >= 11 is 0. The number of aromatic nitrogens is 1. The van der Waals surface area contributed by atoms with E-state index in [-0.39, 0.29) is 5.78 Å². The average molecular weight is 267 g/mol. The number of nitrogens with zero attached hydrogens (tertiary/aromatic N) is 1. The molecule has 20 heavy (non-hydrogen) atoms.